The maximum absolute atomic E-state index is 14.0. The SMILES string of the molecule is C.C.CCCCCCCCC(=O)N(CCCN(C)C)C(CCCCCCCCCOC(=O)C(CCCCCC)CCCCCCCC)CCCCCCCCCOC(=O)C(CCCCCC)CCCCCCCC. The number of nitrogens with zero attached hydrogens (tertiary/aromatic N) is 2. The third-order valence-corrected chi connectivity index (χ3v) is 15.7. The molecule has 0 aromatic rings. The number of rotatable bonds is 58. The zero-order valence-electron chi connectivity index (χ0n) is 49.9. The van der Waals surface area contributed by atoms with E-state index < -0.39 is 0 Å². The Morgan fingerprint density at radius 2 is 0.595 bits per heavy atom. The summed E-state index contributed by atoms with van der Waals surface area (Å²) in [6, 6.07) is 0.345. The van der Waals surface area contributed by atoms with Gasteiger partial charge in [-0.2, -0.15) is 0 Å². The Morgan fingerprint density at radius 3 is 0.919 bits per heavy atom. The molecule has 0 bridgehead atoms. The van der Waals surface area contributed by atoms with Crippen LogP contribution in [0.25, 0.3) is 0 Å². The van der Waals surface area contributed by atoms with Crippen LogP contribution in [0.15, 0.2) is 0 Å². The number of amides is 1. The molecular weight excluding hydrogens is 913 g/mol. The number of unbranched alkanes of at least 4 members (excludes halogenated alkanes) is 33. The monoisotopic (exact) mass is 1050 g/mol. The van der Waals surface area contributed by atoms with Gasteiger partial charge in [-0.1, -0.05) is 287 Å². The molecule has 0 saturated heterocycles. The topological polar surface area (TPSA) is 76.2 Å². The van der Waals surface area contributed by atoms with Gasteiger partial charge in [0.2, 0.25) is 5.91 Å². The Kier molecular flexibility index (Phi) is 62.7. The molecule has 74 heavy (non-hydrogen) atoms. The van der Waals surface area contributed by atoms with Crippen molar-refractivity contribution >= 4 is 17.8 Å². The molecule has 7 heteroatoms. The Morgan fingerprint density at radius 1 is 0.324 bits per heavy atom. The number of hydrogen-bond donors (Lipinski definition) is 0. The molecule has 0 aromatic carbocycles. The van der Waals surface area contributed by atoms with Crippen LogP contribution >= 0.6 is 0 Å². The van der Waals surface area contributed by atoms with E-state index in [1.807, 2.05) is 0 Å². The maximum Gasteiger partial charge on any atom is 0.308 e. The minimum Gasteiger partial charge on any atom is -0.465 e. The Labute approximate surface area is 465 Å². The van der Waals surface area contributed by atoms with Gasteiger partial charge in [0.15, 0.2) is 0 Å². The fourth-order valence-corrected chi connectivity index (χ4v) is 10.8. The van der Waals surface area contributed by atoms with Gasteiger partial charge in [-0.05, 0) is 84.8 Å². The number of carbonyl (C=O) groups excluding carboxylic acids is 3. The highest BCUT2D eigenvalue weighted by atomic mass is 16.5. The van der Waals surface area contributed by atoms with Crippen molar-refractivity contribution in [1.82, 2.24) is 9.80 Å². The summed E-state index contributed by atoms with van der Waals surface area (Å²) in [5.74, 6) is 0.713. The molecule has 0 aliphatic carbocycles. The molecule has 0 spiro atoms. The summed E-state index contributed by atoms with van der Waals surface area (Å²) in [6.45, 7) is 14.4. The van der Waals surface area contributed by atoms with Gasteiger partial charge < -0.3 is 19.3 Å². The number of carbonyl (C=O) groups is 3. The number of hydrogen-bond acceptors (Lipinski definition) is 6. The fourth-order valence-electron chi connectivity index (χ4n) is 10.8. The van der Waals surface area contributed by atoms with Crippen LogP contribution in [0.4, 0.5) is 0 Å². The second-order valence-corrected chi connectivity index (χ2v) is 23.0. The van der Waals surface area contributed by atoms with Crippen LogP contribution in [0.1, 0.15) is 358 Å². The lowest BCUT2D eigenvalue weighted by atomic mass is 9.94. The summed E-state index contributed by atoms with van der Waals surface area (Å²) < 4.78 is 11.8. The van der Waals surface area contributed by atoms with Gasteiger partial charge in [-0.15, -0.1) is 0 Å². The third-order valence-electron chi connectivity index (χ3n) is 15.7. The molecule has 0 rings (SSSR count). The first-order valence-corrected chi connectivity index (χ1v) is 32.5. The van der Waals surface area contributed by atoms with Crippen LogP contribution < -0.4 is 0 Å². The Hall–Kier alpha value is -1.63. The van der Waals surface area contributed by atoms with Gasteiger partial charge in [-0.3, -0.25) is 14.4 Å². The summed E-state index contributed by atoms with van der Waals surface area (Å²) in [4.78, 5) is 44.8. The van der Waals surface area contributed by atoms with Gasteiger partial charge in [0.25, 0.3) is 0 Å². The largest absolute Gasteiger partial charge is 0.465 e. The quantitative estimate of drug-likeness (QED) is 0.0446. The summed E-state index contributed by atoms with van der Waals surface area (Å²) in [7, 11) is 4.29. The minimum atomic E-state index is 0. The van der Waals surface area contributed by atoms with E-state index in [0.717, 1.165) is 116 Å². The van der Waals surface area contributed by atoms with Gasteiger partial charge in [0, 0.05) is 19.0 Å². The zero-order valence-corrected chi connectivity index (χ0v) is 49.9. The van der Waals surface area contributed by atoms with E-state index in [-0.39, 0.29) is 38.6 Å². The van der Waals surface area contributed by atoms with Crippen molar-refractivity contribution in [2.75, 3.05) is 40.4 Å². The van der Waals surface area contributed by atoms with Crippen molar-refractivity contribution in [1.29, 1.82) is 0 Å². The first-order chi connectivity index (χ1) is 35.2. The molecule has 0 radical (unpaired) electrons. The Bertz CT molecular complexity index is 1080. The number of ether oxygens (including phenoxy) is 2. The lowest BCUT2D eigenvalue weighted by Gasteiger charge is -2.33. The van der Waals surface area contributed by atoms with E-state index >= 15 is 0 Å². The van der Waals surface area contributed by atoms with E-state index in [4.69, 9.17) is 9.47 Å². The molecule has 1 amide bonds. The molecule has 2 unspecified atom stereocenters. The van der Waals surface area contributed by atoms with Gasteiger partial charge >= 0.3 is 11.9 Å². The minimum absolute atomic E-state index is 0. The normalized spacial score (nSPS) is 12.5. The van der Waals surface area contributed by atoms with Crippen molar-refractivity contribution in [3.63, 3.8) is 0 Å². The van der Waals surface area contributed by atoms with Crippen molar-refractivity contribution in [3.8, 4) is 0 Å². The first kappa shape index (κ1) is 76.6. The molecule has 0 N–H and O–H groups in total. The molecule has 0 heterocycles. The van der Waals surface area contributed by atoms with E-state index in [2.05, 4.69) is 58.5 Å². The predicted octanol–water partition coefficient (Wildman–Crippen LogP) is 21.2. The van der Waals surface area contributed by atoms with Crippen molar-refractivity contribution in [2.24, 2.45) is 11.8 Å². The van der Waals surface area contributed by atoms with Crippen LogP contribution in [-0.4, -0.2) is 74.1 Å². The van der Waals surface area contributed by atoms with E-state index in [9.17, 15) is 14.4 Å². The average Bonchev–Trinajstić information content (AvgIpc) is 3.37. The van der Waals surface area contributed by atoms with Crippen LogP contribution in [0.5, 0.6) is 0 Å². The highest BCUT2D eigenvalue weighted by Crippen LogP contribution is 2.25. The van der Waals surface area contributed by atoms with Crippen LogP contribution in [0.2, 0.25) is 0 Å². The lowest BCUT2D eigenvalue weighted by Crippen LogP contribution is -2.41. The fraction of sp³-hybridized carbons (Fsp3) is 0.955. The second-order valence-electron chi connectivity index (χ2n) is 23.0. The van der Waals surface area contributed by atoms with Gasteiger partial charge in [0.1, 0.15) is 0 Å². The standard InChI is InChI=1S/C65H128N2O5.2CH4/c1-8-13-18-23-32-41-51-60(49-39-21-16-11-4)64(69)71-58-46-37-30-26-28-34-43-53-62(67(57-48-56-66(6)7)63(68)55-45-36-25-20-15-10-3)54-44-35-29-27-31-38-47-59-72-65(70)61(50-40-22-17-12-5)52-42-33-24-19-14-9-2;;/h60-62H,8-59H2,1-7H3;2*1H4. The average molecular weight is 1050 g/mol. The summed E-state index contributed by atoms with van der Waals surface area (Å²) >= 11 is 0. The molecule has 0 aromatic heterocycles. The second kappa shape index (κ2) is 60.6. The summed E-state index contributed by atoms with van der Waals surface area (Å²) in [5, 5.41) is 0. The molecule has 7 nitrogen and oxygen atoms in total. The molecular formula is C67H136N2O5. The van der Waals surface area contributed by atoms with Crippen LogP contribution in [0, 0.1) is 11.8 Å². The number of esters is 2. The van der Waals surface area contributed by atoms with Gasteiger partial charge in [0.05, 0.1) is 25.0 Å². The predicted molar refractivity (Wildman–Crippen MR) is 326 cm³/mol. The first-order valence-electron chi connectivity index (χ1n) is 32.5. The summed E-state index contributed by atoms with van der Waals surface area (Å²) in [5.41, 5.74) is 0. The third kappa shape index (κ3) is 49.9. The molecule has 2 atom stereocenters. The molecule has 0 saturated carbocycles. The van der Waals surface area contributed by atoms with E-state index in [1.54, 1.807) is 0 Å². The smallest absolute Gasteiger partial charge is 0.308 e. The van der Waals surface area contributed by atoms with Gasteiger partial charge in [-0.25, -0.2) is 0 Å². The van der Waals surface area contributed by atoms with Crippen LogP contribution in [-0.2, 0) is 23.9 Å². The van der Waals surface area contributed by atoms with E-state index in [1.165, 1.54) is 199 Å². The lowest BCUT2D eigenvalue weighted by molar-refractivity contribution is -0.150. The zero-order chi connectivity index (χ0) is 52.8. The van der Waals surface area contributed by atoms with E-state index in [0.29, 0.717) is 31.6 Å². The maximum atomic E-state index is 14.0. The highest BCUT2D eigenvalue weighted by molar-refractivity contribution is 5.76. The van der Waals surface area contributed by atoms with Crippen molar-refractivity contribution in [2.45, 2.75) is 364 Å². The molecule has 0 aliphatic heterocycles. The molecule has 0 fully saturated rings. The summed E-state index contributed by atoms with van der Waals surface area (Å²) in [6.07, 6.45) is 56.7. The molecule has 0 aliphatic rings. The van der Waals surface area contributed by atoms with Crippen molar-refractivity contribution in [3.05, 3.63) is 0 Å². The highest BCUT2D eigenvalue weighted by Gasteiger charge is 2.24. The van der Waals surface area contributed by atoms with Crippen molar-refractivity contribution < 1.29 is 23.9 Å². The van der Waals surface area contributed by atoms with Crippen LogP contribution in [0.3, 0.4) is 0 Å². The molecule has 444 valence electrons. The Balaban J connectivity index is -0.0000252.